The molecule has 0 saturated carbocycles. The monoisotopic (exact) mass is 332 g/mol. The van der Waals surface area contributed by atoms with Crippen molar-refractivity contribution in [3.63, 3.8) is 0 Å². The van der Waals surface area contributed by atoms with Crippen LogP contribution in [-0.2, 0) is 6.54 Å². The van der Waals surface area contributed by atoms with E-state index in [1.165, 1.54) is 25.9 Å². The van der Waals surface area contributed by atoms with E-state index in [4.69, 9.17) is 0 Å². The number of nitrogens with zero attached hydrogens (tertiary/aromatic N) is 4. The average Bonchev–Trinajstić information content (AvgIpc) is 2.57. The van der Waals surface area contributed by atoms with E-state index in [1.54, 1.807) is 0 Å². The van der Waals surface area contributed by atoms with E-state index < -0.39 is 0 Å². The van der Waals surface area contributed by atoms with E-state index in [9.17, 15) is 5.11 Å². The molecule has 0 spiro atoms. The highest BCUT2D eigenvalue weighted by Crippen LogP contribution is 2.23. The number of aliphatic hydroxyl groups is 1. The fraction of sp³-hybridized carbons (Fsp3) is 0.737. The summed E-state index contributed by atoms with van der Waals surface area (Å²) >= 11 is 0. The molecular formula is C19H32N4O. The van der Waals surface area contributed by atoms with Gasteiger partial charge in [-0.15, -0.1) is 0 Å². The van der Waals surface area contributed by atoms with Gasteiger partial charge in [0.25, 0.3) is 0 Å². The Bertz CT molecular complexity index is 516. The highest BCUT2D eigenvalue weighted by molar-refractivity contribution is 5.10. The van der Waals surface area contributed by atoms with E-state index in [1.807, 2.05) is 0 Å². The quantitative estimate of drug-likeness (QED) is 0.882. The molecule has 1 atom stereocenters. The zero-order chi connectivity index (χ0) is 16.9. The molecule has 24 heavy (non-hydrogen) atoms. The lowest BCUT2D eigenvalue weighted by Crippen LogP contribution is -2.58. The van der Waals surface area contributed by atoms with E-state index in [2.05, 4.69) is 51.9 Å². The fourth-order valence-electron chi connectivity index (χ4n) is 4.21. The number of hydrogen-bond acceptors (Lipinski definition) is 5. The van der Waals surface area contributed by atoms with Gasteiger partial charge in [-0.3, -0.25) is 14.8 Å². The first-order chi connectivity index (χ1) is 11.7. The Morgan fingerprint density at radius 2 is 1.96 bits per heavy atom. The van der Waals surface area contributed by atoms with Crippen LogP contribution in [0.2, 0.25) is 0 Å². The summed E-state index contributed by atoms with van der Waals surface area (Å²) in [7, 11) is 2.22. The van der Waals surface area contributed by atoms with Crippen molar-refractivity contribution in [2.24, 2.45) is 0 Å². The van der Waals surface area contributed by atoms with Gasteiger partial charge in [-0.1, -0.05) is 6.07 Å². The van der Waals surface area contributed by atoms with Crippen LogP contribution in [0.3, 0.4) is 0 Å². The lowest BCUT2D eigenvalue weighted by Gasteiger charge is -2.47. The summed E-state index contributed by atoms with van der Waals surface area (Å²) in [5.74, 6) is 0. The van der Waals surface area contributed by atoms with Crippen LogP contribution in [0.5, 0.6) is 0 Å². The molecule has 1 aromatic heterocycles. The average molecular weight is 332 g/mol. The Morgan fingerprint density at radius 3 is 2.67 bits per heavy atom. The number of likely N-dealkylation sites (tertiary alicyclic amines) is 1. The molecule has 0 aliphatic carbocycles. The van der Waals surface area contributed by atoms with Crippen molar-refractivity contribution in [3.05, 3.63) is 29.6 Å². The van der Waals surface area contributed by atoms with Gasteiger partial charge >= 0.3 is 0 Å². The van der Waals surface area contributed by atoms with Gasteiger partial charge in [0.05, 0.1) is 5.69 Å². The molecule has 2 fully saturated rings. The first kappa shape index (κ1) is 17.8. The van der Waals surface area contributed by atoms with Gasteiger partial charge < -0.3 is 10.0 Å². The van der Waals surface area contributed by atoms with Crippen LogP contribution in [0.15, 0.2) is 18.2 Å². The Kier molecular flexibility index (Phi) is 6.22. The standard InChI is InChI=1S/C19H32N4O/c1-16-4-3-5-17(20-16)14-22-11-12-23(19(15-22)8-13-24)18-6-9-21(2)10-7-18/h3-5,18-19,24H,6-15H2,1-2H3. The number of hydrogen-bond donors (Lipinski definition) is 1. The molecular weight excluding hydrogens is 300 g/mol. The highest BCUT2D eigenvalue weighted by Gasteiger charge is 2.33. The predicted molar refractivity (Wildman–Crippen MR) is 97.0 cm³/mol. The Hall–Kier alpha value is -1.01. The first-order valence-corrected chi connectivity index (χ1v) is 9.35. The molecule has 2 aliphatic rings. The van der Waals surface area contributed by atoms with Gasteiger partial charge in [0.15, 0.2) is 0 Å². The zero-order valence-electron chi connectivity index (χ0n) is 15.2. The fourth-order valence-corrected chi connectivity index (χ4v) is 4.21. The third-order valence-corrected chi connectivity index (χ3v) is 5.56. The number of pyridine rings is 1. The second kappa shape index (κ2) is 8.39. The van der Waals surface area contributed by atoms with Crippen molar-refractivity contribution in [2.45, 2.75) is 44.8 Å². The highest BCUT2D eigenvalue weighted by atomic mass is 16.3. The zero-order valence-corrected chi connectivity index (χ0v) is 15.2. The van der Waals surface area contributed by atoms with Gasteiger partial charge in [0.1, 0.15) is 0 Å². The molecule has 2 saturated heterocycles. The molecule has 1 unspecified atom stereocenters. The molecule has 0 bridgehead atoms. The SMILES string of the molecule is Cc1cccc(CN2CCN(C3CCN(C)CC3)C(CCO)C2)n1. The Balaban J connectivity index is 1.60. The van der Waals surface area contributed by atoms with Gasteiger partial charge in [0, 0.05) is 50.6 Å². The second-order valence-electron chi connectivity index (χ2n) is 7.44. The third kappa shape index (κ3) is 4.54. The van der Waals surface area contributed by atoms with E-state index in [0.29, 0.717) is 12.1 Å². The van der Waals surface area contributed by atoms with Gasteiger partial charge in [-0.05, 0) is 58.5 Å². The Labute approximate surface area is 146 Å². The van der Waals surface area contributed by atoms with E-state index in [-0.39, 0.29) is 6.61 Å². The van der Waals surface area contributed by atoms with E-state index >= 15 is 0 Å². The van der Waals surface area contributed by atoms with Crippen LogP contribution in [0.25, 0.3) is 0 Å². The lowest BCUT2D eigenvalue weighted by molar-refractivity contribution is 0.00564. The van der Waals surface area contributed by atoms with Gasteiger partial charge in [-0.2, -0.15) is 0 Å². The molecule has 2 aliphatic heterocycles. The number of rotatable bonds is 5. The van der Waals surface area contributed by atoms with Crippen molar-refractivity contribution in [2.75, 3.05) is 46.4 Å². The van der Waals surface area contributed by atoms with Crippen LogP contribution in [0, 0.1) is 6.92 Å². The lowest BCUT2D eigenvalue weighted by atomic mass is 9.98. The van der Waals surface area contributed by atoms with Crippen molar-refractivity contribution >= 4 is 0 Å². The van der Waals surface area contributed by atoms with Crippen molar-refractivity contribution in [1.29, 1.82) is 0 Å². The van der Waals surface area contributed by atoms with Crippen LogP contribution < -0.4 is 0 Å². The van der Waals surface area contributed by atoms with Crippen LogP contribution in [0.1, 0.15) is 30.7 Å². The maximum atomic E-state index is 9.52. The van der Waals surface area contributed by atoms with Crippen LogP contribution in [0.4, 0.5) is 0 Å². The summed E-state index contributed by atoms with van der Waals surface area (Å²) in [4.78, 5) is 12.3. The minimum Gasteiger partial charge on any atom is -0.396 e. The predicted octanol–water partition coefficient (Wildman–Crippen LogP) is 1.35. The number of piperazine rings is 1. The molecule has 1 N–H and O–H groups in total. The number of aliphatic hydroxyl groups excluding tert-OH is 1. The molecule has 0 aromatic carbocycles. The summed E-state index contributed by atoms with van der Waals surface area (Å²) in [6.45, 7) is 8.91. The van der Waals surface area contributed by atoms with Crippen LogP contribution in [-0.4, -0.2) is 83.3 Å². The minimum absolute atomic E-state index is 0.282. The van der Waals surface area contributed by atoms with Crippen molar-refractivity contribution in [1.82, 2.24) is 19.7 Å². The maximum absolute atomic E-state index is 9.52. The second-order valence-corrected chi connectivity index (χ2v) is 7.44. The third-order valence-electron chi connectivity index (χ3n) is 5.56. The largest absolute Gasteiger partial charge is 0.396 e. The molecule has 134 valence electrons. The summed E-state index contributed by atoms with van der Waals surface area (Å²) in [5.41, 5.74) is 2.25. The topological polar surface area (TPSA) is 42.8 Å². The number of aromatic nitrogens is 1. The number of piperidine rings is 1. The molecule has 3 heterocycles. The molecule has 5 heteroatoms. The maximum Gasteiger partial charge on any atom is 0.0547 e. The van der Waals surface area contributed by atoms with E-state index in [0.717, 1.165) is 44.0 Å². The normalized spacial score (nSPS) is 25.2. The molecule has 5 nitrogen and oxygen atoms in total. The molecule has 0 radical (unpaired) electrons. The summed E-state index contributed by atoms with van der Waals surface area (Å²) in [5, 5.41) is 9.52. The van der Waals surface area contributed by atoms with Gasteiger partial charge in [0.2, 0.25) is 0 Å². The number of aryl methyl sites for hydroxylation is 1. The van der Waals surface area contributed by atoms with Gasteiger partial charge in [-0.25, -0.2) is 0 Å². The molecule has 1 aromatic rings. The summed E-state index contributed by atoms with van der Waals surface area (Å²) in [6.07, 6.45) is 3.40. The smallest absolute Gasteiger partial charge is 0.0547 e. The summed E-state index contributed by atoms with van der Waals surface area (Å²) in [6, 6.07) is 7.43. The Morgan fingerprint density at radius 1 is 1.17 bits per heavy atom. The molecule has 3 rings (SSSR count). The molecule has 0 amide bonds. The van der Waals surface area contributed by atoms with Crippen LogP contribution >= 0.6 is 0 Å². The summed E-state index contributed by atoms with van der Waals surface area (Å²) < 4.78 is 0. The van der Waals surface area contributed by atoms with Crippen molar-refractivity contribution in [3.8, 4) is 0 Å². The first-order valence-electron chi connectivity index (χ1n) is 9.35. The minimum atomic E-state index is 0.282. The van der Waals surface area contributed by atoms with Crippen molar-refractivity contribution < 1.29 is 5.11 Å².